The van der Waals surface area contributed by atoms with Crippen LogP contribution in [0.3, 0.4) is 0 Å². The first kappa shape index (κ1) is 15.2. The molecule has 23 heavy (non-hydrogen) atoms. The number of pyridine rings is 2. The van der Waals surface area contributed by atoms with Crippen LogP contribution in [0.4, 0.5) is 0 Å². The van der Waals surface area contributed by atoms with Gasteiger partial charge in [-0.15, -0.1) is 0 Å². The number of carbonyl (C=O) groups is 1. The van der Waals surface area contributed by atoms with E-state index >= 15 is 0 Å². The molecule has 3 heterocycles. The fraction of sp³-hybridized carbons (Fsp3) is 0.278. The van der Waals surface area contributed by atoms with Gasteiger partial charge in [0.1, 0.15) is 5.65 Å². The third-order valence-corrected chi connectivity index (χ3v) is 4.09. The summed E-state index contributed by atoms with van der Waals surface area (Å²) in [5.74, 6) is 0.000697. The number of amides is 1. The van der Waals surface area contributed by atoms with E-state index in [4.69, 9.17) is 0 Å². The highest BCUT2D eigenvalue weighted by atomic mass is 16.2. The van der Waals surface area contributed by atoms with E-state index in [1.807, 2.05) is 62.1 Å². The first-order chi connectivity index (χ1) is 11.0. The molecule has 5 heteroatoms. The Hall–Kier alpha value is -2.69. The van der Waals surface area contributed by atoms with E-state index in [0.717, 1.165) is 17.8 Å². The lowest BCUT2D eigenvalue weighted by molar-refractivity contribution is 0.0742. The number of hydrogen-bond acceptors (Lipinski definition) is 3. The summed E-state index contributed by atoms with van der Waals surface area (Å²) in [6.45, 7) is 4.09. The van der Waals surface area contributed by atoms with Crippen molar-refractivity contribution >= 4 is 11.6 Å². The van der Waals surface area contributed by atoms with E-state index in [-0.39, 0.29) is 11.9 Å². The number of aryl methyl sites for hydroxylation is 1. The number of rotatable bonds is 4. The summed E-state index contributed by atoms with van der Waals surface area (Å²) in [6, 6.07) is 7.78. The van der Waals surface area contributed by atoms with Gasteiger partial charge < -0.3 is 9.30 Å². The minimum atomic E-state index is 0.000697. The molecule has 3 rings (SSSR count). The molecule has 1 amide bonds. The summed E-state index contributed by atoms with van der Waals surface area (Å²) in [6.07, 6.45) is 7.92. The lowest BCUT2D eigenvalue weighted by Crippen LogP contribution is -2.36. The average molecular weight is 308 g/mol. The minimum absolute atomic E-state index is 0.000697. The van der Waals surface area contributed by atoms with Crippen LogP contribution in [0, 0.1) is 6.92 Å². The number of hydrogen-bond donors (Lipinski definition) is 0. The van der Waals surface area contributed by atoms with Crippen LogP contribution in [0.5, 0.6) is 0 Å². The molecule has 0 bridgehead atoms. The van der Waals surface area contributed by atoms with Crippen LogP contribution in [-0.2, 0) is 6.42 Å². The molecule has 0 spiro atoms. The van der Waals surface area contributed by atoms with Gasteiger partial charge in [-0.2, -0.15) is 0 Å². The highest BCUT2D eigenvalue weighted by molar-refractivity contribution is 5.94. The smallest absolute Gasteiger partial charge is 0.255 e. The lowest BCUT2D eigenvalue weighted by Gasteiger charge is -2.25. The van der Waals surface area contributed by atoms with Crippen molar-refractivity contribution in [1.29, 1.82) is 0 Å². The standard InChI is InChI=1S/C18H20N4O/c1-13-6-7-19-16(10-13)11-14(2)21(3)18(23)15-4-5-17-20-8-9-22(17)12-15/h4-10,12,14H,11H2,1-3H3/t14-/m1/s1. The molecule has 3 aromatic rings. The van der Waals surface area contributed by atoms with Crippen LogP contribution in [0.2, 0.25) is 0 Å². The van der Waals surface area contributed by atoms with E-state index in [1.54, 1.807) is 11.1 Å². The maximum absolute atomic E-state index is 12.7. The van der Waals surface area contributed by atoms with Gasteiger partial charge >= 0.3 is 0 Å². The summed E-state index contributed by atoms with van der Waals surface area (Å²) in [5, 5.41) is 0. The first-order valence-corrected chi connectivity index (χ1v) is 7.66. The van der Waals surface area contributed by atoms with Crippen LogP contribution in [0.1, 0.15) is 28.5 Å². The van der Waals surface area contributed by atoms with Gasteiger partial charge in [-0.1, -0.05) is 0 Å². The zero-order valence-electron chi connectivity index (χ0n) is 13.6. The number of carbonyl (C=O) groups excluding carboxylic acids is 1. The van der Waals surface area contributed by atoms with Gasteiger partial charge in [-0.3, -0.25) is 9.78 Å². The Balaban J connectivity index is 1.75. The molecule has 0 unspecified atom stereocenters. The van der Waals surface area contributed by atoms with Crippen molar-refractivity contribution in [3.8, 4) is 0 Å². The zero-order chi connectivity index (χ0) is 16.4. The van der Waals surface area contributed by atoms with Crippen molar-refractivity contribution in [3.05, 3.63) is 65.9 Å². The van der Waals surface area contributed by atoms with Crippen molar-refractivity contribution in [2.24, 2.45) is 0 Å². The molecule has 0 saturated heterocycles. The van der Waals surface area contributed by atoms with Gasteiger partial charge in [0.15, 0.2) is 0 Å². The van der Waals surface area contributed by atoms with Crippen LogP contribution in [0.25, 0.3) is 5.65 Å². The van der Waals surface area contributed by atoms with Crippen LogP contribution in [0.15, 0.2) is 49.1 Å². The predicted molar refractivity (Wildman–Crippen MR) is 89.4 cm³/mol. The normalized spacial score (nSPS) is 12.3. The van der Waals surface area contributed by atoms with Crippen molar-refractivity contribution in [1.82, 2.24) is 19.3 Å². The molecule has 3 aromatic heterocycles. The molecule has 0 radical (unpaired) electrons. The van der Waals surface area contributed by atoms with E-state index in [9.17, 15) is 4.79 Å². The average Bonchev–Trinajstić information content (AvgIpc) is 3.01. The Labute approximate surface area is 135 Å². The number of nitrogens with zero attached hydrogens (tertiary/aromatic N) is 4. The van der Waals surface area contributed by atoms with Gasteiger partial charge in [0.05, 0.1) is 5.56 Å². The highest BCUT2D eigenvalue weighted by Gasteiger charge is 2.18. The fourth-order valence-electron chi connectivity index (χ4n) is 2.60. The maximum Gasteiger partial charge on any atom is 0.255 e. The van der Waals surface area contributed by atoms with Gasteiger partial charge in [0, 0.05) is 50.0 Å². The molecule has 118 valence electrons. The zero-order valence-corrected chi connectivity index (χ0v) is 13.6. The Bertz CT molecular complexity index is 840. The summed E-state index contributed by atoms with van der Waals surface area (Å²) < 4.78 is 1.86. The second-order valence-electron chi connectivity index (χ2n) is 5.90. The van der Waals surface area contributed by atoms with E-state index in [2.05, 4.69) is 16.0 Å². The monoisotopic (exact) mass is 308 g/mol. The summed E-state index contributed by atoms with van der Waals surface area (Å²) in [7, 11) is 1.83. The van der Waals surface area contributed by atoms with Gasteiger partial charge in [-0.05, 0) is 43.7 Å². The molecule has 0 aliphatic heterocycles. The highest BCUT2D eigenvalue weighted by Crippen LogP contribution is 2.12. The first-order valence-electron chi connectivity index (χ1n) is 7.66. The SMILES string of the molecule is Cc1ccnc(C[C@@H](C)N(C)C(=O)c2ccc3nccn3c2)c1. The van der Waals surface area contributed by atoms with Crippen molar-refractivity contribution < 1.29 is 4.79 Å². The second kappa shape index (κ2) is 6.20. The Morgan fingerprint density at radius 3 is 2.87 bits per heavy atom. The van der Waals surface area contributed by atoms with Gasteiger partial charge in [0.25, 0.3) is 5.91 Å². The summed E-state index contributed by atoms with van der Waals surface area (Å²) in [4.78, 5) is 23.0. The molecule has 0 aromatic carbocycles. The molecule has 0 saturated carbocycles. The van der Waals surface area contributed by atoms with Crippen molar-refractivity contribution in [2.45, 2.75) is 26.3 Å². The number of likely N-dealkylation sites (N-methyl/N-ethyl adjacent to an activating group) is 1. The molecule has 0 fully saturated rings. The Kier molecular flexibility index (Phi) is 4.10. The van der Waals surface area contributed by atoms with Crippen molar-refractivity contribution in [2.75, 3.05) is 7.05 Å². The molecular weight excluding hydrogens is 288 g/mol. The molecule has 1 atom stereocenters. The third kappa shape index (κ3) is 3.23. The molecule has 0 aliphatic carbocycles. The quantitative estimate of drug-likeness (QED) is 0.744. The summed E-state index contributed by atoms with van der Waals surface area (Å²) in [5.41, 5.74) is 3.67. The van der Waals surface area contributed by atoms with Crippen LogP contribution < -0.4 is 0 Å². The topological polar surface area (TPSA) is 50.5 Å². The van der Waals surface area contributed by atoms with Crippen LogP contribution in [-0.4, -0.2) is 38.3 Å². The minimum Gasteiger partial charge on any atom is -0.339 e. The third-order valence-electron chi connectivity index (χ3n) is 4.09. The van der Waals surface area contributed by atoms with E-state index in [1.165, 1.54) is 5.56 Å². The fourth-order valence-corrected chi connectivity index (χ4v) is 2.60. The molecule has 0 N–H and O–H groups in total. The van der Waals surface area contributed by atoms with E-state index < -0.39 is 0 Å². The molecular formula is C18H20N4O. The van der Waals surface area contributed by atoms with Gasteiger partial charge in [0.2, 0.25) is 0 Å². The lowest BCUT2D eigenvalue weighted by atomic mass is 10.1. The number of aromatic nitrogens is 3. The summed E-state index contributed by atoms with van der Waals surface area (Å²) >= 11 is 0. The maximum atomic E-state index is 12.7. The predicted octanol–water partition coefficient (Wildman–Crippen LogP) is 2.74. The molecule has 5 nitrogen and oxygen atoms in total. The number of fused-ring (bicyclic) bond motifs is 1. The van der Waals surface area contributed by atoms with E-state index in [0.29, 0.717) is 5.56 Å². The van der Waals surface area contributed by atoms with Crippen LogP contribution >= 0.6 is 0 Å². The van der Waals surface area contributed by atoms with Crippen molar-refractivity contribution in [3.63, 3.8) is 0 Å². The largest absolute Gasteiger partial charge is 0.339 e. The second-order valence-corrected chi connectivity index (χ2v) is 5.90. The number of imidazole rings is 1. The van der Waals surface area contributed by atoms with Gasteiger partial charge in [-0.25, -0.2) is 4.98 Å². The Morgan fingerprint density at radius 2 is 2.09 bits per heavy atom. The molecule has 0 aliphatic rings. The Morgan fingerprint density at radius 1 is 1.26 bits per heavy atom.